The van der Waals surface area contributed by atoms with Crippen molar-refractivity contribution < 1.29 is 23.9 Å². The number of ketones is 1. The fourth-order valence-electron chi connectivity index (χ4n) is 6.14. The molecule has 4 heterocycles. The molecular formula is C31H30FN7O5. The van der Waals surface area contributed by atoms with Gasteiger partial charge in [-0.25, -0.2) is 9.18 Å². The molecule has 1 saturated heterocycles. The van der Waals surface area contributed by atoms with Crippen molar-refractivity contribution >= 4 is 39.9 Å². The van der Waals surface area contributed by atoms with Crippen molar-refractivity contribution in [3.05, 3.63) is 81.2 Å². The maximum atomic E-state index is 15.3. The molecule has 0 spiro atoms. The van der Waals surface area contributed by atoms with Gasteiger partial charge in [0.2, 0.25) is 5.43 Å². The summed E-state index contributed by atoms with van der Waals surface area (Å²) in [6, 6.07) is 8.37. The third-order valence-corrected chi connectivity index (χ3v) is 8.64. The number of nitrogens with zero attached hydrogens (tertiary/aromatic N) is 7. The van der Waals surface area contributed by atoms with Crippen LogP contribution < -0.4 is 15.2 Å². The molecule has 12 nitrogen and oxygen atoms in total. The molecule has 44 heavy (non-hydrogen) atoms. The molecule has 3 aliphatic rings. The van der Waals surface area contributed by atoms with Crippen molar-refractivity contribution in [1.82, 2.24) is 24.5 Å². The smallest absolute Gasteiger partial charge is 0.341 e. The summed E-state index contributed by atoms with van der Waals surface area (Å²) in [7, 11) is 0. The van der Waals surface area contributed by atoms with Crippen LogP contribution in [0.15, 0.2) is 47.5 Å². The highest BCUT2D eigenvalue weighted by atomic mass is 19.1. The van der Waals surface area contributed by atoms with E-state index >= 15 is 4.39 Å². The van der Waals surface area contributed by atoms with Gasteiger partial charge in [-0.1, -0.05) is 16.8 Å². The van der Waals surface area contributed by atoms with E-state index in [9.17, 15) is 24.3 Å². The Morgan fingerprint density at radius 1 is 1.00 bits per heavy atom. The van der Waals surface area contributed by atoms with Crippen LogP contribution in [0.2, 0.25) is 0 Å². The summed E-state index contributed by atoms with van der Waals surface area (Å²) in [5.41, 5.74) is 2.66. The summed E-state index contributed by atoms with van der Waals surface area (Å²) in [6.45, 7) is 5.53. The highest BCUT2D eigenvalue weighted by Crippen LogP contribution is 2.38. The van der Waals surface area contributed by atoms with Gasteiger partial charge in [0.1, 0.15) is 11.4 Å². The molecule has 2 aromatic carbocycles. The normalized spacial score (nSPS) is 17.1. The Morgan fingerprint density at radius 2 is 1.77 bits per heavy atom. The number of pyridine rings is 1. The lowest BCUT2D eigenvalue weighted by atomic mass is 10.1. The summed E-state index contributed by atoms with van der Waals surface area (Å²) < 4.78 is 18.8. The number of amides is 1. The average Bonchev–Trinajstić information content (AvgIpc) is 3.71. The largest absolute Gasteiger partial charge is 0.477 e. The molecule has 7 rings (SSSR count). The first-order valence-electron chi connectivity index (χ1n) is 14.6. The number of hydrogen-bond acceptors (Lipinski definition) is 8. The van der Waals surface area contributed by atoms with Crippen molar-refractivity contribution in [3.8, 4) is 0 Å². The van der Waals surface area contributed by atoms with E-state index in [2.05, 4.69) is 15.2 Å². The number of carboxylic acids is 1. The Balaban J connectivity index is 0.997. The fraction of sp³-hybridized carbons (Fsp3) is 0.355. The molecule has 0 atom stereocenters. The van der Waals surface area contributed by atoms with E-state index in [0.717, 1.165) is 24.1 Å². The van der Waals surface area contributed by atoms with E-state index in [1.807, 2.05) is 24.1 Å². The number of fused-ring (bicyclic) bond motifs is 2. The van der Waals surface area contributed by atoms with Gasteiger partial charge in [0.15, 0.2) is 0 Å². The van der Waals surface area contributed by atoms with Gasteiger partial charge < -0.3 is 19.5 Å². The number of aromatic nitrogens is 4. The second-order valence-corrected chi connectivity index (χ2v) is 11.7. The molecule has 2 aromatic heterocycles. The maximum Gasteiger partial charge on any atom is 0.341 e. The van der Waals surface area contributed by atoms with Crippen molar-refractivity contribution in [2.45, 2.75) is 38.9 Å². The molecule has 2 aliphatic heterocycles. The number of carboxylic acid groups (broad SMARTS) is 1. The van der Waals surface area contributed by atoms with Gasteiger partial charge in [0, 0.05) is 63.1 Å². The number of halogens is 1. The van der Waals surface area contributed by atoms with Crippen molar-refractivity contribution in [2.24, 2.45) is 0 Å². The standard InChI is InChI=1S/C31H30FN7O5/c1-18-2-5-25-21(12-18)29(41)30(42)38(25)11-10-37-16-19(33-34-37)15-35-6-8-36(9-7-35)27-14-26-22(13-24(27)32)28(40)23(31(43)44)17-39(26)20-3-4-20/h2,5,12-14,16-17,20H,3-4,6-11,15H2,1H3,(H,43,44). The third-order valence-electron chi connectivity index (χ3n) is 8.64. The van der Waals surface area contributed by atoms with E-state index in [-0.39, 0.29) is 17.0 Å². The lowest BCUT2D eigenvalue weighted by molar-refractivity contribution is -0.114. The zero-order valence-corrected chi connectivity index (χ0v) is 24.1. The zero-order chi connectivity index (χ0) is 30.7. The SMILES string of the molecule is Cc1ccc2c(c1)C(=O)C(=O)N2CCn1cc(CN2CCN(c3cc4c(cc3F)c(=O)c(C(=O)O)cn4C3CC3)CC2)nn1. The van der Waals surface area contributed by atoms with E-state index < -0.39 is 28.9 Å². The van der Waals surface area contributed by atoms with Crippen LogP contribution in [0.5, 0.6) is 0 Å². The van der Waals surface area contributed by atoms with Crippen LogP contribution in [0.1, 0.15) is 50.9 Å². The van der Waals surface area contributed by atoms with Crippen molar-refractivity contribution in [3.63, 3.8) is 0 Å². The van der Waals surface area contributed by atoms with Crippen LogP contribution in [-0.4, -0.2) is 80.0 Å². The number of aromatic carboxylic acids is 1. The molecule has 4 aromatic rings. The Hall–Kier alpha value is -4.91. The number of carbonyl (C=O) groups is 3. The minimum Gasteiger partial charge on any atom is -0.477 e. The van der Waals surface area contributed by atoms with Crippen LogP contribution >= 0.6 is 0 Å². The van der Waals surface area contributed by atoms with Crippen molar-refractivity contribution in [2.75, 3.05) is 42.5 Å². The number of benzene rings is 2. The first-order chi connectivity index (χ1) is 21.2. The first-order valence-corrected chi connectivity index (χ1v) is 14.6. The molecule has 1 aliphatic carbocycles. The van der Waals surface area contributed by atoms with Gasteiger partial charge in [-0.15, -0.1) is 5.10 Å². The molecule has 0 radical (unpaired) electrons. The van der Waals surface area contributed by atoms with Crippen LogP contribution in [0.25, 0.3) is 10.9 Å². The number of carbonyl (C=O) groups excluding carboxylic acids is 2. The summed E-state index contributed by atoms with van der Waals surface area (Å²) in [5.74, 6) is -2.89. The first kappa shape index (κ1) is 27.9. The Labute approximate surface area is 250 Å². The number of Topliss-reactive ketones (excluding diaryl/α,β-unsaturated/α-hetero) is 1. The summed E-state index contributed by atoms with van der Waals surface area (Å²) in [6.07, 6.45) is 4.99. The highest BCUT2D eigenvalue weighted by molar-refractivity contribution is 6.52. The number of hydrogen-bond donors (Lipinski definition) is 1. The summed E-state index contributed by atoms with van der Waals surface area (Å²) in [4.78, 5) is 55.0. The zero-order valence-electron chi connectivity index (χ0n) is 24.1. The minimum absolute atomic E-state index is 0.0831. The summed E-state index contributed by atoms with van der Waals surface area (Å²) in [5, 5.41) is 18.1. The Kier molecular flexibility index (Phi) is 6.76. The van der Waals surface area contributed by atoms with E-state index in [1.54, 1.807) is 27.4 Å². The second kappa shape index (κ2) is 10.7. The molecule has 226 valence electrons. The van der Waals surface area contributed by atoms with E-state index in [1.165, 1.54) is 17.2 Å². The van der Waals surface area contributed by atoms with Gasteiger partial charge >= 0.3 is 5.97 Å². The lowest BCUT2D eigenvalue weighted by Crippen LogP contribution is -2.46. The highest BCUT2D eigenvalue weighted by Gasteiger charge is 2.35. The quantitative estimate of drug-likeness (QED) is 0.304. The molecule has 2 fully saturated rings. The fourth-order valence-corrected chi connectivity index (χ4v) is 6.14. The van der Waals surface area contributed by atoms with Crippen LogP contribution in [-0.2, 0) is 17.9 Å². The Morgan fingerprint density at radius 3 is 2.50 bits per heavy atom. The molecule has 0 bridgehead atoms. The van der Waals surface area contributed by atoms with E-state index in [4.69, 9.17) is 0 Å². The monoisotopic (exact) mass is 599 g/mol. The number of piperazine rings is 1. The lowest BCUT2D eigenvalue weighted by Gasteiger charge is -2.36. The van der Waals surface area contributed by atoms with E-state index in [0.29, 0.717) is 68.3 Å². The van der Waals surface area contributed by atoms with Crippen LogP contribution in [0.4, 0.5) is 15.8 Å². The summed E-state index contributed by atoms with van der Waals surface area (Å²) >= 11 is 0. The second-order valence-electron chi connectivity index (χ2n) is 11.7. The average molecular weight is 600 g/mol. The molecule has 1 amide bonds. The molecule has 1 N–H and O–H groups in total. The predicted molar refractivity (Wildman–Crippen MR) is 159 cm³/mol. The number of anilines is 2. The molecule has 1 saturated carbocycles. The molecule has 0 unspecified atom stereocenters. The maximum absolute atomic E-state index is 15.3. The van der Waals surface area contributed by atoms with Gasteiger partial charge in [-0.05, 0) is 44.0 Å². The van der Waals surface area contributed by atoms with Crippen LogP contribution in [0, 0.1) is 12.7 Å². The van der Waals surface area contributed by atoms with Gasteiger partial charge in [0.25, 0.3) is 11.7 Å². The molecule has 13 heteroatoms. The van der Waals surface area contributed by atoms with Crippen LogP contribution in [0.3, 0.4) is 0 Å². The third kappa shape index (κ3) is 4.92. The van der Waals surface area contributed by atoms with Gasteiger partial charge in [0.05, 0.1) is 34.7 Å². The topological polar surface area (TPSA) is 134 Å². The van der Waals surface area contributed by atoms with Gasteiger partial charge in [-0.2, -0.15) is 0 Å². The molecular weight excluding hydrogens is 569 g/mol. The van der Waals surface area contributed by atoms with Crippen molar-refractivity contribution in [1.29, 1.82) is 0 Å². The predicted octanol–water partition coefficient (Wildman–Crippen LogP) is 2.63. The minimum atomic E-state index is -1.31. The Bertz CT molecular complexity index is 1910. The number of aryl methyl sites for hydroxylation is 1. The van der Waals surface area contributed by atoms with Gasteiger partial charge in [-0.3, -0.25) is 24.0 Å². The number of rotatable bonds is 8.